The summed E-state index contributed by atoms with van der Waals surface area (Å²) >= 11 is 6.04. The number of hydrogen-bond donors (Lipinski definition) is 3. The maximum Gasteiger partial charge on any atom is 0.330 e. The number of nitrogens with one attached hydrogen (secondary N) is 1. The number of hydrogen-bond acceptors (Lipinski definition) is 4. The van der Waals surface area contributed by atoms with Crippen molar-refractivity contribution in [2.75, 3.05) is 19.6 Å². The second kappa shape index (κ2) is 8.12. The topological polar surface area (TPSA) is 113 Å². The van der Waals surface area contributed by atoms with Crippen molar-refractivity contribution in [2.45, 2.75) is 18.9 Å². The number of carboxylic acids is 1. The number of nitrogens with zero attached hydrogens (tertiary/aromatic N) is 1. The second-order valence-electron chi connectivity index (χ2n) is 5.84. The molecule has 1 saturated heterocycles. The van der Waals surface area contributed by atoms with Gasteiger partial charge in [-0.3, -0.25) is 14.5 Å². The van der Waals surface area contributed by atoms with Crippen molar-refractivity contribution in [3.63, 3.8) is 0 Å². The first-order chi connectivity index (χ1) is 11.4. The van der Waals surface area contributed by atoms with Crippen LogP contribution in [0.3, 0.4) is 0 Å². The number of piperidine rings is 1. The first kappa shape index (κ1) is 18.2. The van der Waals surface area contributed by atoms with Crippen molar-refractivity contribution in [3.05, 3.63) is 34.9 Å². The molecule has 130 valence electrons. The molecule has 1 aromatic rings. The number of primary amides is 1. The summed E-state index contributed by atoms with van der Waals surface area (Å²) in [5.74, 6) is -2.38. The summed E-state index contributed by atoms with van der Waals surface area (Å²) in [4.78, 5) is 36.8. The molecule has 0 radical (unpaired) electrons. The second-order valence-corrected chi connectivity index (χ2v) is 6.25. The van der Waals surface area contributed by atoms with Crippen LogP contribution in [0.25, 0.3) is 0 Å². The molecule has 2 unspecified atom stereocenters. The van der Waals surface area contributed by atoms with Crippen molar-refractivity contribution in [2.24, 2.45) is 11.7 Å². The molecule has 1 heterocycles. The molecule has 8 heteroatoms. The molecule has 24 heavy (non-hydrogen) atoms. The Morgan fingerprint density at radius 1 is 1.38 bits per heavy atom. The zero-order valence-corrected chi connectivity index (χ0v) is 13.8. The number of carboxylic acid groups (broad SMARTS) is 1. The highest BCUT2D eigenvalue weighted by Gasteiger charge is 2.31. The number of halogens is 1. The first-order valence-electron chi connectivity index (χ1n) is 7.66. The molecule has 2 rings (SSSR count). The Labute approximate surface area is 144 Å². The van der Waals surface area contributed by atoms with Crippen molar-refractivity contribution >= 4 is 29.4 Å². The molecule has 0 aromatic heterocycles. The molecule has 1 fully saturated rings. The summed E-state index contributed by atoms with van der Waals surface area (Å²) in [5, 5.41) is 12.3. The number of nitrogens with two attached hydrogens (primary N) is 1. The molecule has 4 N–H and O–H groups in total. The minimum Gasteiger partial charge on any atom is -0.479 e. The highest BCUT2D eigenvalue weighted by molar-refractivity contribution is 6.31. The van der Waals surface area contributed by atoms with Gasteiger partial charge in [0.1, 0.15) is 0 Å². The quantitative estimate of drug-likeness (QED) is 0.699. The molecule has 2 atom stereocenters. The van der Waals surface area contributed by atoms with Crippen LogP contribution in [0.2, 0.25) is 5.02 Å². The molecule has 0 aliphatic carbocycles. The standard InChI is InChI=1S/C16H20ClN3O4/c17-12-6-2-1-5-11(12)14(16(23)24)19-15(22)10-4-3-7-20(8-10)9-13(18)21/h1-2,5-6,10,14H,3-4,7-9H2,(H2,18,21)(H,19,22)(H,23,24). The van der Waals surface area contributed by atoms with Crippen LogP contribution < -0.4 is 11.1 Å². The van der Waals surface area contributed by atoms with E-state index in [1.807, 2.05) is 0 Å². The van der Waals surface area contributed by atoms with Gasteiger partial charge in [0.2, 0.25) is 11.8 Å². The lowest BCUT2D eigenvalue weighted by Crippen LogP contribution is -2.47. The third-order valence-corrected chi connectivity index (χ3v) is 4.35. The third kappa shape index (κ3) is 4.69. The summed E-state index contributed by atoms with van der Waals surface area (Å²) in [5.41, 5.74) is 5.52. The largest absolute Gasteiger partial charge is 0.479 e. The predicted octanol–water partition coefficient (Wildman–Crippen LogP) is 0.779. The number of carbonyl (C=O) groups excluding carboxylic acids is 2. The summed E-state index contributed by atoms with van der Waals surface area (Å²) in [6.45, 7) is 1.17. The molecule has 1 aliphatic rings. The van der Waals surface area contributed by atoms with Gasteiger partial charge in [-0.15, -0.1) is 0 Å². The Hall–Kier alpha value is -2.12. The van der Waals surface area contributed by atoms with E-state index < -0.39 is 17.9 Å². The molecule has 2 amide bonds. The van der Waals surface area contributed by atoms with E-state index in [1.165, 1.54) is 0 Å². The molecule has 1 aromatic carbocycles. The van der Waals surface area contributed by atoms with Gasteiger partial charge in [-0.05, 0) is 25.5 Å². The van der Waals surface area contributed by atoms with Gasteiger partial charge in [-0.25, -0.2) is 4.79 Å². The van der Waals surface area contributed by atoms with E-state index >= 15 is 0 Å². The van der Waals surface area contributed by atoms with Crippen LogP contribution in [0.1, 0.15) is 24.4 Å². The number of benzene rings is 1. The van der Waals surface area contributed by atoms with Crippen molar-refractivity contribution in [3.8, 4) is 0 Å². The number of aliphatic carboxylic acids is 1. The molecule has 0 bridgehead atoms. The Morgan fingerprint density at radius 3 is 2.71 bits per heavy atom. The Balaban J connectivity index is 2.07. The van der Waals surface area contributed by atoms with E-state index in [0.29, 0.717) is 25.1 Å². The highest BCUT2D eigenvalue weighted by atomic mass is 35.5. The van der Waals surface area contributed by atoms with Gasteiger partial charge in [0, 0.05) is 17.1 Å². The Kier molecular flexibility index (Phi) is 6.16. The fourth-order valence-corrected chi connectivity index (χ4v) is 3.12. The van der Waals surface area contributed by atoms with E-state index in [4.69, 9.17) is 17.3 Å². The number of amides is 2. The summed E-state index contributed by atoms with van der Waals surface area (Å²) in [6, 6.07) is 5.29. The van der Waals surface area contributed by atoms with Crippen LogP contribution in [0, 0.1) is 5.92 Å². The van der Waals surface area contributed by atoms with Gasteiger partial charge < -0.3 is 16.2 Å². The monoisotopic (exact) mass is 353 g/mol. The van der Waals surface area contributed by atoms with E-state index in [0.717, 1.165) is 6.42 Å². The molecule has 7 nitrogen and oxygen atoms in total. The van der Waals surface area contributed by atoms with Crippen molar-refractivity contribution in [1.82, 2.24) is 10.2 Å². The first-order valence-corrected chi connectivity index (χ1v) is 8.04. The number of rotatable bonds is 6. The Bertz CT molecular complexity index is 638. The van der Waals surface area contributed by atoms with Gasteiger partial charge in [0.25, 0.3) is 0 Å². The van der Waals surface area contributed by atoms with Gasteiger partial charge in [-0.1, -0.05) is 29.8 Å². The lowest BCUT2D eigenvalue weighted by molar-refractivity contribution is -0.143. The minimum atomic E-state index is -1.21. The van der Waals surface area contributed by atoms with Gasteiger partial charge in [0.05, 0.1) is 12.5 Å². The van der Waals surface area contributed by atoms with Gasteiger partial charge >= 0.3 is 5.97 Å². The summed E-state index contributed by atoms with van der Waals surface area (Å²) in [7, 11) is 0. The molecule has 0 saturated carbocycles. The lowest BCUT2D eigenvalue weighted by Gasteiger charge is -2.31. The van der Waals surface area contributed by atoms with Gasteiger partial charge in [-0.2, -0.15) is 0 Å². The van der Waals surface area contributed by atoms with Crippen molar-refractivity contribution in [1.29, 1.82) is 0 Å². The van der Waals surface area contributed by atoms with Crippen LogP contribution in [-0.4, -0.2) is 47.4 Å². The smallest absolute Gasteiger partial charge is 0.330 e. The van der Waals surface area contributed by atoms with Crippen LogP contribution in [-0.2, 0) is 14.4 Å². The highest BCUT2D eigenvalue weighted by Crippen LogP contribution is 2.24. The lowest BCUT2D eigenvalue weighted by atomic mass is 9.96. The van der Waals surface area contributed by atoms with Crippen LogP contribution in [0.5, 0.6) is 0 Å². The van der Waals surface area contributed by atoms with Crippen LogP contribution in [0.4, 0.5) is 0 Å². The minimum absolute atomic E-state index is 0.0939. The van der Waals surface area contributed by atoms with Crippen molar-refractivity contribution < 1.29 is 19.5 Å². The van der Waals surface area contributed by atoms with E-state index in [1.54, 1.807) is 29.2 Å². The van der Waals surface area contributed by atoms with E-state index in [2.05, 4.69) is 5.32 Å². The zero-order valence-electron chi connectivity index (χ0n) is 13.1. The van der Waals surface area contributed by atoms with Gasteiger partial charge in [0.15, 0.2) is 6.04 Å². The summed E-state index contributed by atoms with van der Waals surface area (Å²) < 4.78 is 0. The van der Waals surface area contributed by atoms with E-state index in [-0.39, 0.29) is 23.4 Å². The number of carbonyl (C=O) groups is 3. The van der Waals surface area contributed by atoms with E-state index in [9.17, 15) is 19.5 Å². The average molecular weight is 354 g/mol. The zero-order chi connectivity index (χ0) is 17.7. The SMILES string of the molecule is NC(=O)CN1CCCC(C(=O)NC(C(=O)O)c2ccccc2Cl)C1. The molecule has 0 spiro atoms. The molecule has 1 aliphatic heterocycles. The van der Waals surface area contributed by atoms with Crippen LogP contribution in [0.15, 0.2) is 24.3 Å². The van der Waals surface area contributed by atoms with Crippen LogP contribution >= 0.6 is 11.6 Å². The fraction of sp³-hybridized carbons (Fsp3) is 0.438. The maximum absolute atomic E-state index is 12.5. The predicted molar refractivity (Wildman–Crippen MR) is 88.3 cm³/mol. The average Bonchev–Trinajstić information content (AvgIpc) is 2.52. The Morgan fingerprint density at radius 2 is 2.08 bits per heavy atom. The fourth-order valence-electron chi connectivity index (χ4n) is 2.88. The summed E-state index contributed by atoms with van der Waals surface area (Å²) in [6.07, 6.45) is 1.38. The molecular formula is C16H20ClN3O4. The normalized spacial score (nSPS) is 19.5. The maximum atomic E-state index is 12.5. The number of likely N-dealkylation sites (tertiary alicyclic amines) is 1. The third-order valence-electron chi connectivity index (χ3n) is 4.01. The molecular weight excluding hydrogens is 334 g/mol.